The molecule has 0 atom stereocenters. The van der Waals surface area contributed by atoms with Gasteiger partial charge < -0.3 is 9.80 Å². The lowest BCUT2D eigenvalue weighted by molar-refractivity contribution is -0.139. The van der Waals surface area contributed by atoms with E-state index in [2.05, 4.69) is 22.1 Å². The van der Waals surface area contributed by atoms with Crippen LogP contribution >= 0.6 is 0 Å². The Bertz CT molecular complexity index is 473. The average molecular weight is 363 g/mol. The zero-order valence-corrected chi connectivity index (χ0v) is 17.1. The van der Waals surface area contributed by atoms with Crippen LogP contribution in [0.5, 0.6) is 0 Å². The number of nitrogens with zero attached hydrogens (tertiary/aromatic N) is 2. The summed E-state index contributed by atoms with van der Waals surface area (Å²) in [5.74, 6) is 1.82. The van der Waals surface area contributed by atoms with Gasteiger partial charge in [-0.3, -0.25) is 9.59 Å². The first kappa shape index (κ1) is 21.0. The van der Waals surface area contributed by atoms with E-state index in [9.17, 15) is 9.59 Å². The predicted molar refractivity (Wildman–Crippen MR) is 107 cm³/mol. The molecule has 0 aromatic rings. The fraction of sp³-hybridized carbons (Fsp3) is 0.818. The minimum Gasteiger partial charge on any atom is -0.377 e. The molecule has 1 saturated carbocycles. The highest BCUT2D eigenvalue weighted by Gasteiger charge is 2.32. The van der Waals surface area contributed by atoms with Crippen LogP contribution in [0.2, 0.25) is 0 Å². The molecule has 1 aliphatic carbocycles. The molecule has 0 N–H and O–H groups in total. The van der Waals surface area contributed by atoms with Gasteiger partial charge in [0.1, 0.15) is 5.78 Å². The molecular formula is C22H38N2O2. The van der Waals surface area contributed by atoms with Crippen molar-refractivity contribution < 1.29 is 9.59 Å². The van der Waals surface area contributed by atoms with Crippen LogP contribution in [-0.4, -0.2) is 47.7 Å². The maximum atomic E-state index is 12.7. The molecule has 0 spiro atoms. The maximum absolute atomic E-state index is 12.7. The van der Waals surface area contributed by atoms with Crippen LogP contribution in [0.25, 0.3) is 0 Å². The summed E-state index contributed by atoms with van der Waals surface area (Å²) in [5.41, 5.74) is 0. The number of likely N-dealkylation sites (tertiary alicyclic amines) is 1. The number of ketones is 1. The van der Waals surface area contributed by atoms with Gasteiger partial charge in [-0.05, 0) is 70.4 Å². The predicted octanol–water partition coefficient (Wildman–Crippen LogP) is 4.26. The first-order valence-corrected chi connectivity index (χ1v) is 10.8. The molecule has 0 radical (unpaired) electrons. The first-order chi connectivity index (χ1) is 12.6. The summed E-state index contributed by atoms with van der Waals surface area (Å²) in [5, 5.41) is 0. The molecule has 3 aliphatic rings. The molecule has 0 bridgehead atoms. The van der Waals surface area contributed by atoms with Crippen LogP contribution in [-0.2, 0) is 9.59 Å². The van der Waals surface area contributed by atoms with Crippen molar-refractivity contribution in [2.24, 2.45) is 17.8 Å². The van der Waals surface area contributed by atoms with Crippen molar-refractivity contribution >= 4 is 11.7 Å². The van der Waals surface area contributed by atoms with Crippen molar-refractivity contribution in [3.63, 3.8) is 0 Å². The second-order valence-electron chi connectivity index (χ2n) is 7.93. The molecule has 1 amide bonds. The summed E-state index contributed by atoms with van der Waals surface area (Å²) >= 11 is 0. The zero-order chi connectivity index (χ0) is 18.9. The highest BCUT2D eigenvalue weighted by atomic mass is 16.2. The quantitative estimate of drug-likeness (QED) is 0.734. The Morgan fingerprint density at radius 3 is 2.08 bits per heavy atom. The minimum absolute atomic E-state index is 0.173. The number of Topliss-reactive ketones (excluding diaryl/α,β-unsaturated/α-hetero) is 1. The van der Waals surface area contributed by atoms with Gasteiger partial charge in [0.15, 0.2) is 0 Å². The Hall–Kier alpha value is -1.32. The number of carbonyl (C=O) groups excluding carboxylic acids is 2. The van der Waals surface area contributed by atoms with Gasteiger partial charge >= 0.3 is 0 Å². The molecule has 26 heavy (non-hydrogen) atoms. The van der Waals surface area contributed by atoms with Crippen molar-refractivity contribution in [1.29, 1.82) is 0 Å². The summed E-state index contributed by atoms with van der Waals surface area (Å²) < 4.78 is 0. The lowest BCUT2D eigenvalue weighted by Gasteiger charge is -2.36. The van der Waals surface area contributed by atoms with E-state index in [1.54, 1.807) is 6.92 Å². The van der Waals surface area contributed by atoms with Gasteiger partial charge in [-0.1, -0.05) is 19.9 Å². The van der Waals surface area contributed by atoms with Crippen LogP contribution < -0.4 is 0 Å². The smallest absolute Gasteiger partial charge is 0.225 e. The lowest BCUT2D eigenvalue weighted by Crippen LogP contribution is -2.43. The number of carbonyl (C=O) groups is 2. The summed E-state index contributed by atoms with van der Waals surface area (Å²) in [6, 6.07) is 0. The van der Waals surface area contributed by atoms with Crippen molar-refractivity contribution in [2.45, 2.75) is 72.1 Å². The van der Waals surface area contributed by atoms with E-state index in [-0.39, 0.29) is 11.8 Å². The number of hydrogen-bond donors (Lipinski definition) is 0. The van der Waals surface area contributed by atoms with E-state index in [0.717, 1.165) is 57.5 Å². The number of piperidine rings is 1. The van der Waals surface area contributed by atoms with Crippen LogP contribution in [0.1, 0.15) is 72.1 Å². The largest absolute Gasteiger partial charge is 0.377 e. The van der Waals surface area contributed by atoms with Crippen molar-refractivity contribution in [3.8, 4) is 0 Å². The summed E-state index contributed by atoms with van der Waals surface area (Å²) in [7, 11) is 0. The van der Waals surface area contributed by atoms with Crippen molar-refractivity contribution in [2.75, 3.05) is 26.2 Å². The van der Waals surface area contributed by atoms with Gasteiger partial charge in [0.05, 0.1) is 0 Å². The van der Waals surface area contributed by atoms with Gasteiger partial charge in [-0.15, -0.1) is 0 Å². The first-order valence-electron chi connectivity index (χ1n) is 10.8. The third kappa shape index (κ3) is 5.85. The molecule has 0 unspecified atom stereocenters. The van der Waals surface area contributed by atoms with Crippen LogP contribution in [0.15, 0.2) is 12.3 Å². The fourth-order valence-corrected chi connectivity index (χ4v) is 4.52. The van der Waals surface area contributed by atoms with Crippen molar-refractivity contribution in [1.82, 2.24) is 9.80 Å². The van der Waals surface area contributed by atoms with Crippen LogP contribution in [0, 0.1) is 17.8 Å². The highest BCUT2D eigenvalue weighted by molar-refractivity contribution is 5.81. The van der Waals surface area contributed by atoms with Gasteiger partial charge in [0, 0.05) is 38.0 Å². The Morgan fingerprint density at radius 2 is 1.54 bits per heavy atom. The molecule has 2 fully saturated rings. The molecule has 4 nitrogen and oxygen atoms in total. The van der Waals surface area contributed by atoms with Crippen LogP contribution in [0.3, 0.4) is 0 Å². The zero-order valence-electron chi connectivity index (χ0n) is 17.1. The molecule has 0 aromatic carbocycles. The summed E-state index contributed by atoms with van der Waals surface area (Å²) in [6.07, 6.45) is 12.9. The van der Waals surface area contributed by atoms with E-state index in [4.69, 9.17) is 0 Å². The minimum atomic E-state index is 0.173. The van der Waals surface area contributed by atoms with E-state index in [1.807, 2.05) is 13.8 Å². The molecule has 148 valence electrons. The monoisotopic (exact) mass is 362 g/mol. The topological polar surface area (TPSA) is 40.6 Å². The van der Waals surface area contributed by atoms with Crippen molar-refractivity contribution in [3.05, 3.63) is 12.3 Å². The Kier molecular flexibility index (Phi) is 8.67. The molecular weight excluding hydrogens is 324 g/mol. The molecule has 2 aliphatic heterocycles. The molecule has 1 saturated heterocycles. The average Bonchev–Trinajstić information content (AvgIpc) is 3.21. The summed E-state index contributed by atoms with van der Waals surface area (Å²) in [6.45, 7) is 9.91. The molecule has 4 heteroatoms. The molecule has 3 rings (SSSR count). The van der Waals surface area contributed by atoms with E-state index >= 15 is 0 Å². The SMILES string of the molecule is CC.CC(=O)C1CCC(C(=O)N2CCC(CCN3C=CCC3)CC2)CC1. The Balaban J connectivity index is 0.00000117. The maximum Gasteiger partial charge on any atom is 0.225 e. The van der Waals surface area contributed by atoms with Gasteiger partial charge in [0.2, 0.25) is 5.91 Å². The lowest BCUT2D eigenvalue weighted by atomic mass is 9.79. The second-order valence-corrected chi connectivity index (χ2v) is 7.93. The Morgan fingerprint density at radius 1 is 0.923 bits per heavy atom. The van der Waals surface area contributed by atoms with Crippen LogP contribution in [0.4, 0.5) is 0 Å². The van der Waals surface area contributed by atoms with E-state index in [1.165, 1.54) is 25.9 Å². The summed E-state index contributed by atoms with van der Waals surface area (Å²) in [4.78, 5) is 28.7. The second kappa shape index (κ2) is 10.7. The van der Waals surface area contributed by atoms with E-state index < -0.39 is 0 Å². The number of hydrogen-bond acceptors (Lipinski definition) is 3. The van der Waals surface area contributed by atoms with Gasteiger partial charge in [0.25, 0.3) is 0 Å². The third-order valence-corrected chi connectivity index (χ3v) is 6.30. The fourth-order valence-electron chi connectivity index (χ4n) is 4.52. The number of amides is 1. The molecule has 2 heterocycles. The standard InChI is InChI=1S/C20H32N2O2.C2H6/c1-16(23)18-4-6-19(7-5-18)20(24)22-14-9-17(10-15-22)8-13-21-11-2-3-12-21;1-2/h2,11,17-19H,3-10,12-15H2,1H3;1-2H3. The normalized spacial score (nSPS) is 26.4. The molecule has 0 aromatic heterocycles. The highest BCUT2D eigenvalue weighted by Crippen LogP contribution is 2.32. The van der Waals surface area contributed by atoms with E-state index in [0.29, 0.717) is 11.7 Å². The van der Waals surface area contributed by atoms with Gasteiger partial charge in [-0.25, -0.2) is 0 Å². The third-order valence-electron chi connectivity index (χ3n) is 6.30. The number of rotatable bonds is 5. The Labute approximate surface area is 160 Å². The van der Waals surface area contributed by atoms with Gasteiger partial charge in [-0.2, -0.15) is 0 Å².